The van der Waals surface area contributed by atoms with Crippen LogP contribution in [0.15, 0.2) is 45.3 Å². The average Bonchev–Trinajstić information content (AvgIpc) is 2.48. The van der Waals surface area contributed by atoms with Crippen molar-refractivity contribution >= 4 is 49.7 Å². The first-order chi connectivity index (χ1) is 10.5. The molecular formula is C16H13Br2NO3. The van der Waals surface area contributed by atoms with Crippen LogP contribution < -0.4 is 10.1 Å². The van der Waals surface area contributed by atoms with Gasteiger partial charge in [-0.15, -0.1) is 0 Å². The Hall–Kier alpha value is -1.66. The molecule has 6 heteroatoms. The SMILES string of the molecule is Cc1ccc(NC(=O)COc2ccc(Br)cc2C=O)c(Br)c1. The van der Waals surface area contributed by atoms with Crippen molar-refractivity contribution < 1.29 is 14.3 Å². The van der Waals surface area contributed by atoms with E-state index in [4.69, 9.17) is 4.74 Å². The van der Waals surface area contributed by atoms with Gasteiger partial charge in [-0.2, -0.15) is 0 Å². The van der Waals surface area contributed by atoms with Gasteiger partial charge in [0.1, 0.15) is 5.75 Å². The number of aryl methyl sites for hydroxylation is 1. The molecule has 0 fully saturated rings. The van der Waals surface area contributed by atoms with E-state index in [2.05, 4.69) is 37.2 Å². The number of ether oxygens (including phenoxy) is 1. The highest BCUT2D eigenvalue weighted by molar-refractivity contribution is 9.10. The monoisotopic (exact) mass is 425 g/mol. The number of hydrogen-bond acceptors (Lipinski definition) is 3. The van der Waals surface area contributed by atoms with Crippen molar-refractivity contribution in [1.82, 2.24) is 0 Å². The molecule has 0 aliphatic carbocycles. The normalized spacial score (nSPS) is 10.1. The summed E-state index contributed by atoms with van der Waals surface area (Å²) in [4.78, 5) is 22.9. The summed E-state index contributed by atoms with van der Waals surface area (Å²) in [5.41, 5.74) is 2.15. The first-order valence-corrected chi connectivity index (χ1v) is 8.01. The largest absolute Gasteiger partial charge is 0.483 e. The lowest BCUT2D eigenvalue weighted by molar-refractivity contribution is -0.118. The van der Waals surface area contributed by atoms with E-state index in [-0.39, 0.29) is 12.5 Å². The molecule has 0 spiro atoms. The van der Waals surface area contributed by atoms with Crippen LogP contribution in [0.2, 0.25) is 0 Å². The Bertz CT molecular complexity index is 717. The van der Waals surface area contributed by atoms with Crippen LogP contribution in [-0.2, 0) is 4.79 Å². The van der Waals surface area contributed by atoms with Gasteiger partial charge in [-0.25, -0.2) is 0 Å². The van der Waals surface area contributed by atoms with Gasteiger partial charge in [-0.05, 0) is 58.7 Å². The Labute approximate surface area is 145 Å². The molecule has 0 aromatic heterocycles. The van der Waals surface area contributed by atoms with Gasteiger partial charge in [0, 0.05) is 8.95 Å². The van der Waals surface area contributed by atoms with E-state index in [1.807, 2.05) is 25.1 Å². The molecule has 0 bridgehead atoms. The highest BCUT2D eigenvalue weighted by Gasteiger charge is 2.09. The van der Waals surface area contributed by atoms with E-state index >= 15 is 0 Å². The van der Waals surface area contributed by atoms with Gasteiger partial charge in [-0.3, -0.25) is 9.59 Å². The number of carbonyl (C=O) groups is 2. The fourth-order valence-electron chi connectivity index (χ4n) is 1.79. The highest BCUT2D eigenvalue weighted by Crippen LogP contribution is 2.24. The van der Waals surface area contributed by atoms with Gasteiger partial charge in [0.2, 0.25) is 0 Å². The van der Waals surface area contributed by atoms with Crippen LogP contribution in [0.1, 0.15) is 15.9 Å². The summed E-state index contributed by atoms with van der Waals surface area (Å²) in [6.07, 6.45) is 0.689. The van der Waals surface area contributed by atoms with Crippen molar-refractivity contribution in [2.75, 3.05) is 11.9 Å². The van der Waals surface area contributed by atoms with Crippen LogP contribution >= 0.6 is 31.9 Å². The van der Waals surface area contributed by atoms with E-state index in [0.29, 0.717) is 23.3 Å². The minimum absolute atomic E-state index is 0.178. The maximum absolute atomic E-state index is 11.9. The van der Waals surface area contributed by atoms with Crippen molar-refractivity contribution in [3.63, 3.8) is 0 Å². The van der Waals surface area contributed by atoms with E-state index in [0.717, 1.165) is 14.5 Å². The molecule has 1 amide bonds. The summed E-state index contributed by atoms with van der Waals surface area (Å²) in [6, 6.07) is 10.7. The summed E-state index contributed by atoms with van der Waals surface area (Å²) in [5.74, 6) is 0.0700. The third kappa shape index (κ3) is 4.42. The van der Waals surface area contributed by atoms with Crippen molar-refractivity contribution in [1.29, 1.82) is 0 Å². The maximum atomic E-state index is 11.9. The van der Waals surface area contributed by atoms with Crippen molar-refractivity contribution in [3.05, 3.63) is 56.5 Å². The van der Waals surface area contributed by atoms with Crippen LogP contribution in [0.5, 0.6) is 5.75 Å². The number of nitrogens with one attached hydrogen (secondary N) is 1. The Morgan fingerprint density at radius 2 is 2.00 bits per heavy atom. The van der Waals surface area contributed by atoms with E-state index in [1.165, 1.54) is 0 Å². The highest BCUT2D eigenvalue weighted by atomic mass is 79.9. The molecule has 0 aliphatic heterocycles. The number of anilines is 1. The molecule has 2 rings (SSSR count). The van der Waals surface area contributed by atoms with Gasteiger partial charge < -0.3 is 10.1 Å². The number of benzene rings is 2. The number of amides is 1. The minimum atomic E-state index is -0.302. The van der Waals surface area contributed by atoms with Crippen LogP contribution in [-0.4, -0.2) is 18.8 Å². The van der Waals surface area contributed by atoms with E-state index < -0.39 is 0 Å². The maximum Gasteiger partial charge on any atom is 0.262 e. The summed E-state index contributed by atoms with van der Waals surface area (Å²) >= 11 is 6.67. The van der Waals surface area contributed by atoms with Crippen LogP contribution in [0, 0.1) is 6.92 Å². The molecule has 0 radical (unpaired) electrons. The smallest absolute Gasteiger partial charge is 0.262 e. The predicted octanol–water partition coefficient (Wildman–Crippen LogP) is 4.35. The summed E-state index contributed by atoms with van der Waals surface area (Å²) in [7, 11) is 0. The zero-order valence-corrected chi connectivity index (χ0v) is 14.9. The van der Waals surface area contributed by atoms with Crippen LogP contribution in [0.4, 0.5) is 5.69 Å². The minimum Gasteiger partial charge on any atom is -0.483 e. The summed E-state index contributed by atoms with van der Waals surface area (Å²) in [6.45, 7) is 1.79. The second kappa shape index (κ2) is 7.56. The molecule has 2 aromatic carbocycles. The number of carbonyl (C=O) groups excluding carboxylic acids is 2. The topological polar surface area (TPSA) is 55.4 Å². The quantitative estimate of drug-likeness (QED) is 0.723. The fraction of sp³-hybridized carbons (Fsp3) is 0.125. The van der Waals surface area contributed by atoms with Crippen molar-refractivity contribution in [2.24, 2.45) is 0 Å². The summed E-state index contributed by atoms with van der Waals surface area (Å²) < 4.78 is 6.98. The lowest BCUT2D eigenvalue weighted by Gasteiger charge is -2.10. The molecule has 1 N–H and O–H groups in total. The lowest BCUT2D eigenvalue weighted by atomic mass is 10.2. The molecule has 0 saturated carbocycles. The Balaban J connectivity index is 2.00. The fourth-order valence-corrected chi connectivity index (χ4v) is 2.77. The summed E-state index contributed by atoms with van der Waals surface area (Å²) in [5, 5.41) is 2.75. The first-order valence-electron chi connectivity index (χ1n) is 6.43. The second-order valence-electron chi connectivity index (χ2n) is 4.62. The van der Waals surface area contributed by atoms with Gasteiger partial charge in [0.25, 0.3) is 5.91 Å². The molecular weight excluding hydrogens is 414 g/mol. The Morgan fingerprint density at radius 1 is 1.23 bits per heavy atom. The molecule has 4 nitrogen and oxygen atoms in total. The van der Waals surface area contributed by atoms with E-state index in [9.17, 15) is 9.59 Å². The molecule has 22 heavy (non-hydrogen) atoms. The zero-order chi connectivity index (χ0) is 16.1. The molecule has 0 aliphatic rings. The second-order valence-corrected chi connectivity index (χ2v) is 6.39. The standard InChI is InChI=1S/C16H13Br2NO3/c1-10-2-4-14(13(18)6-10)19-16(21)9-22-15-5-3-12(17)7-11(15)8-20/h2-8H,9H2,1H3,(H,19,21). The third-order valence-electron chi connectivity index (χ3n) is 2.86. The van der Waals surface area contributed by atoms with Gasteiger partial charge in [0.15, 0.2) is 12.9 Å². The molecule has 0 saturated heterocycles. The molecule has 114 valence electrons. The van der Waals surface area contributed by atoms with E-state index in [1.54, 1.807) is 18.2 Å². The van der Waals surface area contributed by atoms with Gasteiger partial charge in [-0.1, -0.05) is 22.0 Å². The molecule has 0 heterocycles. The van der Waals surface area contributed by atoms with Crippen LogP contribution in [0.25, 0.3) is 0 Å². The number of halogens is 2. The average molecular weight is 427 g/mol. The number of rotatable bonds is 5. The zero-order valence-electron chi connectivity index (χ0n) is 11.7. The van der Waals surface area contributed by atoms with Crippen molar-refractivity contribution in [3.8, 4) is 5.75 Å². The number of aldehydes is 1. The Kier molecular flexibility index (Phi) is 5.74. The Morgan fingerprint density at radius 3 is 2.68 bits per heavy atom. The molecule has 0 unspecified atom stereocenters. The lowest BCUT2D eigenvalue weighted by Crippen LogP contribution is -2.20. The third-order valence-corrected chi connectivity index (χ3v) is 4.01. The first kappa shape index (κ1) is 16.7. The van der Waals surface area contributed by atoms with Gasteiger partial charge >= 0.3 is 0 Å². The predicted molar refractivity (Wildman–Crippen MR) is 92.5 cm³/mol. The number of hydrogen-bond donors (Lipinski definition) is 1. The van der Waals surface area contributed by atoms with Gasteiger partial charge in [0.05, 0.1) is 11.3 Å². The van der Waals surface area contributed by atoms with Crippen LogP contribution in [0.3, 0.4) is 0 Å². The molecule has 0 atom stereocenters. The van der Waals surface area contributed by atoms with Crippen molar-refractivity contribution in [2.45, 2.75) is 6.92 Å². The molecule has 2 aromatic rings.